The molecule has 0 spiro atoms. The molecule has 0 aromatic heterocycles. The zero-order valence-corrected chi connectivity index (χ0v) is 13.6. The molecule has 0 fully saturated rings. The fourth-order valence-corrected chi connectivity index (χ4v) is 1.79. The van der Waals surface area contributed by atoms with Crippen LogP contribution in [0.5, 0.6) is 11.5 Å². The molecule has 1 aromatic carbocycles. The molecular weight excluding hydrogens is 268 g/mol. The summed E-state index contributed by atoms with van der Waals surface area (Å²) in [4.78, 5) is 14.3. The molecule has 1 amide bonds. The predicted molar refractivity (Wildman–Crippen MR) is 84.3 cm³/mol. The van der Waals surface area contributed by atoms with Crippen molar-refractivity contribution in [1.82, 2.24) is 10.2 Å². The Kier molecular flexibility index (Phi) is 7.02. The van der Waals surface area contributed by atoms with Crippen LogP contribution >= 0.6 is 0 Å². The molecule has 5 heteroatoms. The van der Waals surface area contributed by atoms with E-state index < -0.39 is 0 Å². The molecule has 0 aliphatic carbocycles. The van der Waals surface area contributed by atoms with Crippen LogP contribution in [0.2, 0.25) is 0 Å². The van der Waals surface area contributed by atoms with Crippen molar-refractivity contribution in [2.45, 2.75) is 26.8 Å². The summed E-state index contributed by atoms with van der Waals surface area (Å²) in [6.45, 7) is 8.15. The minimum absolute atomic E-state index is 0.103. The van der Waals surface area contributed by atoms with Gasteiger partial charge < -0.3 is 19.7 Å². The Morgan fingerprint density at radius 3 is 2.62 bits per heavy atom. The minimum Gasteiger partial charge on any atom is -0.493 e. The van der Waals surface area contributed by atoms with Gasteiger partial charge in [-0.2, -0.15) is 0 Å². The third-order valence-electron chi connectivity index (χ3n) is 3.36. The topological polar surface area (TPSA) is 50.8 Å². The van der Waals surface area contributed by atoms with E-state index in [1.54, 1.807) is 25.3 Å². The molecule has 1 aromatic rings. The summed E-state index contributed by atoms with van der Waals surface area (Å²) < 4.78 is 10.7. The van der Waals surface area contributed by atoms with Crippen LogP contribution in [0.1, 0.15) is 31.1 Å². The largest absolute Gasteiger partial charge is 0.493 e. The second kappa shape index (κ2) is 8.52. The lowest BCUT2D eigenvalue weighted by molar-refractivity contribution is 0.0947. The Morgan fingerprint density at radius 1 is 1.33 bits per heavy atom. The average molecular weight is 294 g/mol. The number of amides is 1. The summed E-state index contributed by atoms with van der Waals surface area (Å²) in [6.07, 6.45) is 0. The quantitative estimate of drug-likeness (QED) is 0.798. The van der Waals surface area contributed by atoms with Gasteiger partial charge in [-0.05, 0) is 46.0 Å². The Bertz CT molecular complexity index is 461. The first kappa shape index (κ1) is 17.3. The van der Waals surface area contributed by atoms with Gasteiger partial charge in [0.25, 0.3) is 5.91 Å². The number of nitrogens with one attached hydrogen (secondary N) is 1. The Labute approximate surface area is 127 Å². The lowest BCUT2D eigenvalue weighted by atomic mass is 10.2. The highest BCUT2D eigenvalue weighted by Crippen LogP contribution is 2.27. The van der Waals surface area contributed by atoms with E-state index in [4.69, 9.17) is 9.47 Å². The first-order valence-corrected chi connectivity index (χ1v) is 7.28. The maximum Gasteiger partial charge on any atom is 0.251 e. The van der Waals surface area contributed by atoms with Gasteiger partial charge in [0.1, 0.15) is 0 Å². The van der Waals surface area contributed by atoms with Crippen molar-refractivity contribution in [1.29, 1.82) is 0 Å². The van der Waals surface area contributed by atoms with E-state index in [9.17, 15) is 4.79 Å². The summed E-state index contributed by atoms with van der Waals surface area (Å²) in [6, 6.07) is 5.67. The summed E-state index contributed by atoms with van der Waals surface area (Å²) >= 11 is 0. The molecule has 21 heavy (non-hydrogen) atoms. The van der Waals surface area contributed by atoms with Crippen molar-refractivity contribution in [2.75, 3.05) is 33.9 Å². The van der Waals surface area contributed by atoms with Gasteiger partial charge in [-0.3, -0.25) is 4.79 Å². The van der Waals surface area contributed by atoms with Gasteiger partial charge >= 0.3 is 0 Å². The zero-order chi connectivity index (χ0) is 15.8. The standard InChI is InChI=1S/C16H26N2O3/c1-6-21-14-8-7-13(11-15(14)20-5)16(19)17-9-10-18(4)12(2)3/h7-8,11-12H,6,9-10H2,1-5H3,(H,17,19). The fraction of sp³-hybridized carbons (Fsp3) is 0.562. The normalized spacial score (nSPS) is 10.8. The highest BCUT2D eigenvalue weighted by atomic mass is 16.5. The van der Waals surface area contributed by atoms with Gasteiger partial charge in [-0.25, -0.2) is 0 Å². The van der Waals surface area contributed by atoms with E-state index in [2.05, 4.69) is 24.1 Å². The van der Waals surface area contributed by atoms with E-state index >= 15 is 0 Å². The summed E-state index contributed by atoms with van der Waals surface area (Å²) in [5, 5.41) is 2.91. The number of benzene rings is 1. The van der Waals surface area contributed by atoms with E-state index in [1.807, 2.05) is 14.0 Å². The van der Waals surface area contributed by atoms with Crippen LogP contribution in [-0.4, -0.2) is 50.7 Å². The van der Waals surface area contributed by atoms with Crippen LogP contribution in [-0.2, 0) is 0 Å². The third-order valence-corrected chi connectivity index (χ3v) is 3.36. The lowest BCUT2D eigenvalue weighted by Gasteiger charge is -2.20. The van der Waals surface area contributed by atoms with Crippen LogP contribution in [0.4, 0.5) is 0 Å². The first-order valence-electron chi connectivity index (χ1n) is 7.28. The zero-order valence-electron chi connectivity index (χ0n) is 13.6. The van der Waals surface area contributed by atoms with E-state index in [-0.39, 0.29) is 5.91 Å². The summed E-state index contributed by atoms with van der Waals surface area (Å²) in [5.41, 5.74) is 0.572. The van der Waals surface area contributed by atoms with Crippen molar-refractivity contribution in [3.63, 3.8) is 0 Å². The molecule has 118 valence electrons. The molecule has 0 saturated heterocycles. The molecule has 0 aliphatic rings. The Morgan fingerprint density at radius 2 is 2.05 bits per heavy atom. The number of carbonyl (C=O) groups excluding carboxylic acids is 1. The molecule has 0 saturated carbocycles. The number of hydrogen-bond donors (Lipinski definition) is 1. The van der Waals surface area contributed by atoms with E-state index in [1.165, 1.54) is 0 Å². The monoisotopic (exact) mass is 294 g/mol. The van der Waals surface area contributed by atoms with E-state index in [0.29, 0.717) is 36.3 Å². The molecule has 1 N–H and O–H groups in total. The summed E-state index contributed by atoms with van der Waals surface area (Å²) in [5.74, 6) is 1.12. The molecule has 1 rings (SSSR count). The molecule has 0 heterocycles. The number of carbonyl (C=O) groups is 1. The first-order chi connectivity index (χ1) is 9.99. The smallest absolute Gasteiger partial charge is 0.251 e. The van der Waals surface area contributed by atoms with Crippen molar-refractivity contribution < 1.29 is 14.3 Å². The molecule has 5 nitrogen and oxygen atoms in total. The van der Waals surface area contributed by atoms with Gasteiger partial charge in [-0.1, -0.05) is 0 Å². The van der Waals surface area contributed by atoms with Crippen LogP contribution in [0.3, 0.4) is 0 Å². The molecule has 0 bridgehead atoms. The number of ether oxygens (including phenoxy) is 2. The molecule has 0 atom stereocenters. The highest BCUT2D eigenvalue weighted by Gasteiger charge is 2.11. The van der Waals surface area contributed by atoms with Crippen LogP contribution in [0.25, 0.3) is 0 Å². The average Bonchev–Trinajstić information content (AvgIpc) is 2.47. The van der Waals surface area contributed by atoms with Crippen molar-refractivity contribution in [3.8, 4) is 11.5 Å². The minimum atomic E-state index is -0.103. The number of nitrogens with zero attached hydrogens (tertiary/aromatic N) is 1. The number of hydrogen-bond acceptors (Lipinski definition) is 4. The van der Waals surface area contributed by atoms with Gasteiger partial charge in [0.15, 0.2) is 11.5 Å². The predicted octanol–water partition coefficient (Wildman–Crippen LogP) is 2.16. The SMILES string of the molecule is CCOc1ccc(C(=O)NCCN(C)C(C)C)cc1OC. The second-order valence-electron chi connectivity index (χ2n) is 5.13. The molecule has 0 aliphatic heterocycles. The third kappa shape index (κ3) is 5.27. The number of methoxy groups -OCH3 is 1. The van der Waals surface area contributed by atoms with Gasteiger partial charge in [0.2, 0.25) is 0 Å². The van der Waals surface area contributed by atoms with Crippen LogP contribution < -0.4 is 14.8 Å². The van der Waals surface area contributed by atoms with Crippen LogP contribution in [0, 0.1) is 0 Å². The molecule has 0 radical (unpaired) electrons. The van der Waals surface area contributed by atoms with Crippen molar-refractivity contribution in [2.24, 2.45) is 0 Å². The number of likely N-dealkylation sites (N-methyl/N-ethyl adjacent to an activating group) is 1. The maximum absolute atomic E-state index is 12.1. The molecule has 0 unspecified atom stereocenters. The second-order valence-corrected chi connectivity index (χ2v) is 5.13. The van der Waals surface area contributed by atoms with Crippen LogP contribution in [0.15, 0.2) is 18.2 Å². The van der Waals surface area contributed by atoms with E-state index in [0.717, 1.165) is 6.54 Å². The van der Waals surface area contributed by atoms with Crippen molar-refractivity contribution >= 4 is 5.91 Å². The van der Waals surface area contributed by atoms with Gasteiger partial charge in [0, 0.05) is 24.7 Å². The Balaban J connectivity index is 2.62. The molecular formula is C16H26N2O3. The number of rotatable bonds is 8. The van der Waals surface area contributed by atoms with Gasteiger partial charge in [-0.15, -0.1) is 0 Å². The highest BCUT2D eigenvalue weighted by molar-refractivity contribution is 5.94. The lowest BCUT2D eigenvalue weighted by Crippen LogP contribution is -2.36. The maximum atomic E-state index is 12.1. The summed E-state index contributed by atoms with van der Waals surface area (Å²) in [7, 11) is 3.61. The van der Waals surface area contributed by atoms with Crippen molar-refractivity contribution in [3.05, 3.63) is 23.8 Å². The Hall–Kier alpha value is -1.75. The fourth-order valence-electron chi connectivity index (χ4n) is 1.79. The van der Waals surface area contributed by atoms with Gasteiger partial charge in [0.05, 0.1) is 13.7 Å².